The molecule has 0 unspecified atom stereocenters. The molecule has 0 atom stereocenters. The molecule has 0 aliphatic heterocycles. The smallest absolute Gasteiger partial charge is 0.225 e. The third-order valence-electron chi connectivity index (χ3n) is 2.95. The predicted octanol–water partition coefficient (Wildman–Crippen LogP) is 0.765. The summed E-state index contributed by atoms with van der Waals surface area (Å²) in [5.74, 6) is 0.663. The molecule has 0 aliphatic rings. The van der Waals surface area contributed by atoms with E-state index in [2.05, 4.69) is 22.2 Å². The number of sulfone groups is 1. The molecule has 1 aromatic heterocycles. The quantitative estimate of drug-likeness (QED) is 0.715. The molecule has 7 heteroatoms. The lowest BCUT2D eigenvalue weighted by molar-refractivity contribution is 0.600. The zero-order valence-corrected chi connectivity index (χ0v) is 13.5. The van der Waals surface area contributed by atoms with Gasteiger partial charge in [0.15, 0.2) is 0 Å². The van der Waals surface area contributed by atoms with Crippen LogP contribution in [0.3, 0.4) is 0 Å². The van der Waals surface area contributed by atoms with E-state index in [1.807, 2.05) is 6.92 Å². The maximum absolute atomic E-state index is 11.2. The van der Waals surface area contributed by atoms with Crippen molar-refractivity contribution in [1.82, 2.24) is 15.3 Å². The van der Waals surface area contributed by atoms with E-state index in [0.717, 1.165) is 30.8 Å². The van der Waals surface area contributed by atoms with Gasteiger partial charge in [-0.15, -0.1) is 0 Å². The predicted molar refractivity (Wildman–Crippen MR) is 81.7 cm³/mol. The Bertz CT molecular complexity index is 531. The Morgan fingerprint density at radius 3 is 2.65 bits per heavy atom. The molecule has 6 nitrogen and oxygen atoms in total. The third kappa shape index (κ3) is 5.83. The molecule has 114 valence electrons. The molecule has 0 amide bonds. The normalized spacial score (nSPS) is 11.6. The van der Waals surface area contributed by atoms with Gasteiger partial charge in [-0.1, -0.05) is 6.92 Å². The Morgan fingerprint density at radius 2 is 2.10 bits per heavy atom. The number of anilines is 1. The van der Waals surface area contributed by atoms with Crippen LogP contribution in [0.1, 0.15) is 24.6 Å². The van der Waals surface area contributed by atoms with Crippen LogP contribution < -0.4 is 10.2 Å². The SMILES string of the molecule is CCCNCc1cnc(N(C)CCS(C)(=O)=O)nc1C. The highest BCUT2D eigenvalue weighted by Crippen LogP contribution is 2.10. The Kier molecular flexibility index (Phi) is 6.35. The summed E-state index contributed by atoms with van der Waals surface area (Å²) >= 11 is 0. The Hall–Kier alpha value is -1.21. The summed E-state index contributed by atoms with van der Waals surface area (Å²) in [5, 5.41) is 3.31. The largest absolute Gasteiger partial charge is 0.343 e. The topological polar surface area (TPSA) is 75.2 Å². The number of hydrogen-bond acceptors (Lipinski definition) is 6. The third-order valence-corrected chi connectivity index (χ3v) is 3.87. The lowest BCUT2D eigenvalue weighted by atomic mass is 10.2. The molecule has 0 bridgehead atoms. The fourth-order valence-electron chi connectivity index (χ4n) is 1.64. The highest BCUT2D eigenvalue weighted by molar-refractivity contribution is 7.90. The van der Waals surface area contributed by atoms with Crippen LogP contribution in [-0.4, -0.2) is 50.5 Å². The summed E-state index contributed by atoms with van der Waals surface area (Å²) in [6, 6.07) is 0. The Balaban J connectivity index is 2.66. The first kappa shape index (κ1) is 16.8. The van der Waals surface area contributed by atoms with Crippen molar-refractivity contribution in [3.8, 4) is 0 Å². The first-order valence-corrected chi connectivity index (χ1v) is 8.81. The minimum absolute atomic E-state index is 0.103. The van der Waals surface area contributed by atoms with Gasteiger partial charge >= 0.3 is 0 Å². The molecule has 0 saturated heterocycles. The van der Waals surface area contributed by atoms with E-state index >= 15 is 0 Å². The monoisotopic (exact) mass is 300 g/mol. The summed E-state index contributed by atoms with van der Waals surface area (Å²) in [6.07, 6.45) is 4.12. The number of aryl methyl sites for hydroxylation is 1. The molecule has 20 heavy (non-hydrogen) atoms. The summed E-state index contributed by atoms with van der Waals surface area (Å²) in [5.41, 5.74) is 1.99. The van der Waals surface area contributed by atoms with Crippen LogP contribution in [0, 0.1) is 6.92 Å². The van der Waals surface area contributed by atoms with Crippen molar-refractivity contribution in [1.29, 1.82) is 0 Å². The van der Waals surface area contributed by atoms with E-state index in [1.165, 1.54) is 6.26 Å². The maximum atomic E-state index is 11.2. The van der Waals surface area contributed by atoms with Crippen LogP contribution in [-0.2, 0) is 16.4 Å². The van der Waals surface area contributed by atoms with Crippen molar-refractivity contribution in [3.63, 3.8) is 0 Å². The summed E-state index contributed by atoms with van der Waals surface area (Å²) in [4.78, 5) is 10.5. The molecule has 1 aromatic rings. The van der Waals surface area contributed by atoms with Gasteiger partial charge in [-0.25, -0.2) is 18.4 Å². The van der Waals surface area contributed by atoms with Crippen LogP contribution in [0.2, 0.25) is 0 Å². The van der Waals surface area contributed by atoms with Crippen molar-refractivity contribution in [3.05, 3.63) is 17.5 Å². The van der Waals surface area contributed by atoms with Gasteiger partial charge in [0.1, 0.15) is 9.84 Å². The molecular formula is C13H24N4O2S. The Morgan fingerprint density at radius 1 is 1.40 bits per heavy atom. The number of hydrogen-bond donors (Lipinski definition) is 1. The minimum atomic E-state index is -2.97. The minimum Gasteiger partial charge on any atom is -0.343 e. The number of rotatable bonds is 8. The zero-order chi connectivity index (χ0) is 15.2. The van der Waals surface area contributed by atoms with Gasteiger partial charge in [-0.2, -0.15) is 0 Å². The first-order valence-electron chi connectivity index (χ1n) is 6.75. The van der Waals surface area contributed by atoms with Crippen molar-refractivity contribution in [2.45, 2.75) is 26.8 Å². The molecule has 1 heterocycles. The van der Waals surface area contributed by atoms with Crippen LogP contribution in [0.4, 0.5) is 5.95 Å². The maximum Gasteiger partial charge on any atom is 0.225 e. The summed E-state index contributed by atoms with van der Waals surface area (Å²) in [7, 11) is -1.17. The van der Waals surface area contributed by atoms with E-state index < -0.39 is 9.84 Å². The van der Waals surface area contributed by atoms with Gasteiger partial charge in [-0.3, -0.25) is 0 Å². The zero-order valence-electron chi connectivity index (χ0n) is 12.7. The number of nitrogens with one attached hydrogen (secondary N) is 1. The van der Waals surface area contributed by atoms with Crippen LogP contribution in [0.15, 0.2) is 6.20 Å². The van der Waals surface area contributed by atoms with Gasteiger partial charge in [-0.05, 0) is 19.9 Å². The number of nitrogens with zero attached hydrogens (tertiary/aromatic N) is 3. The first-order chi connectivity index (χ1) is 9.33. The highest BCUT2D eigenvalue weighted by Gasteiger charge is 2.10. The molecule has 1 rings (SSSR count). The van der Waals surface area contributed by atoms with Crippen LogP contribution in [0.5, 0.6) is 0 Å². The second-order valence-electron chi connectivity index (χ2n) is 5.01. The van der Waals surface area contributed by atoms with Gasteiger partial charge < -0.3 is 10.2 Å². The van der Waals surface area contributed by atoms with Crippen LogP contribution >= 0.6 is 0 Å². The average Bonchev–Trinajstić information content (AvgIpc) is 2.37. The lowest BCUT2D eigenvalue weighted by Gasteiger charge is -2.17. The summed E-state index contributed by atoms with van der Waals surface area (Å²) < 4.78 is 22.3. The molecule has 0 aromatic carbocycles. The molecule has 1 N–H and O–H groups in total. The fraction of sp³-hybridized carbons (Fsp3) is 0.692. The highest BCUT2D eigenvalue weighted by atomic mass is 32.2. The van der Waals surface area contributed by atoms with Gasteiger partial charge in [0.05, 0.1) is 5.75 Å². The van der Waals surface area contributed by atoms with Gasteiger partial charge in [0.2, 0.25) is 5.95 Å². The fourth-order valence-corrected chi connectivity index (χ4v) is 2.25. The van der Waals surface area contributed by atoms with E-state index in [9.17, 15) is 8.42 Å². The molecule has 0 aliphatic carbocycles. The van der Waals surface area contributed by atoms with Crippen molar-refractivity contribution in [2.24, 2.45) is 0 Å². The van der Waals surface area contributed by atoms with Crippen LogP contribution in [0.25, 0.3) is 0 Å². The van der Waals surface area contributed by atoms with E-state index in [4.69, 9.17) is 0 Å². The summed E-state index contributed by atoms with van der Waals surface area (Å²) in [6.45, 7) is 6.18. The van der Waals surface area contributed by atoms with Crippen molar-refractivity contribution < 1.29 is 8.42 Å². The van der Waals surface area contributed by atoms with Crippen molar-refractivity contribution >= 4 is 15.8 Å². The van der Waals surface area contributed by atoms with Gasteiger partial charge in [0, 0.05) is 43.8 Å². The molecule has 0 saturated carbocycles. The van der Waals surface area contributed by atoms with Gasteiger partial charge in [0.25, 0.3) is 0 Å². The molecule has 0 fully saturated rings. The van der Waals surface area contributed by atoms with E-state index in [1.54, 1.807) is 18.1 Å². The molecule has 0 radical (unpaired) electrons. The van der Waals surface area contributed by atoms with Crippen molar-refractivity contribution in [2.75, 3.05) is 37.0 Å². The molecule has 0 spiro atoms. The van der Waals surface area contributed by atoms with E-state index in [-0.39, 0.29) is 5.75 Å². The second kappa shape index (κ2) is 7.54. The van der Waals surface area contributed by atoms with E-state index in [0.29, 0.717) is 12.5 Å². The second-order valence-corrected chi connectivity index (χ2v) is 7.27. The standard InChI is InChI=1S/C13H24N4O2S/c1-5-6-14-9-12-10-15-13(16-11(12)2)17(3)7-8-20(4,18)19/h10,14H,5-9H2,1-4H3. The Labute approximate surface area is 121 Å². The average molecular weight is 300 g/mol. The number of aromatic nitrogens is 2. The lowest BCUT2D eigenvalue weighted by Crippen LogP contribution is -2.27. The molecular weight excluding hydrogens is 276 g/mol.